The van der Waals surface area contributed by atoms with Gasteiger partial charge in [-0.05, 0) is 37.6 Å². The summed E-state index contributed by atoms with van der Waals surface area (Å²) in [5.41, 5.74) is 5.64. The topological polar surface area (TPSA) is 64.9 Å². The van der Waals surface area contributed by atoms with Crippen molar-refractivity contribution < 1.29 is 4.52 Å². The minimum Gasteiger partial charge on any atom is -0.339 e. The van der Waals surface area contributed by atoms with Gasteiger partial charge in [0.1, 0.15) is 0 Å². The SMILES string of the molecule is CCCCc1noc(CCC(CCN)C(C)C)n1. The number of unbranched alkanes of at least 4 members (excludes halogenated alkanes) is 1. The molecule has 0 aliphatic carbocycles. The molecule has 1 rings (SSSR count). The van der Waals surface area contributed by atoms with Gasteiger partial charge in [0.25, 0.3) is 0 Å². The minimum atomic E-state index is 0.654. The zero-order valence-electron chi connectivity index (χ0n) is 12.0. The van der Waals surface area contributed by atoms with Gasteiger partial charge in [0.15, 0.2) is 5.82 Å². The van der Waals surface area contributed by atoms with Crippen LogP contribution in [0.15, 0.2) is 4.52 Å². The Morgan fingerprint density at radius 1 is 1.22 bits per heavy atom. The Balaban J connectivity index is 2.39. The summed E-state index contributed by atoms with van der Waals surface area (Å²) < 4.78 is 5.28. The van der Waals surface area contributed by atoms with Crippen LogP contribution in [0.4, 0.5) is 0 Å². The van der Waals surface area contributed by atoms with Crippen LogP contribution in [0.5, 0.6) is 0 Å². The van der Waals surface area contributed by atoms with Gasteiger partial charge in [0.2, 0.25) is 5.89 Å². The van der Waals surface area contributed by atoms with E-state index in [0.717, 1.165) is 56.8 Å². The Labute approximate surface area is 110 Å². The van der Waals surface area contributed by atoms with E-state index >= 15 is 0 Å². The van der Waals surface area contributed by atoms with Crippen LogP contribution in [0.25, 0.3) is 0 Å². The molecule has 0 saturated heterocycles. The smallest absolute Gasteiger partial charge is 0.226 e. The Morgan fingerprint density at radius 2 is 2.00 bits per heavy atom. The van der Waals surface area contributed by atoms with E-state index in [0.29, 0.717) is 11.8 Å². The van der Waals surface area contributed by atoms with Gasteiger partial charge in [-0.3, -0.25) is 0 Å². The highest BCUT2D eigenvalue weighted by molar-refractivity contribution is 4.87. The van der Waals surface area contributed by atoms with E-state index < -0.39 is 0 Å². The molecule has 0 aliphatic heterocycles. The molecule has 0 spiro atoms. The molecule has 104 valence electrons. The molecule has 1 unspecified atom stereocenters. The zero-order valence-corrected chi connectivity index (χ0v) is 12.0. The molecular weight excluding hydrogens is 226 g/mol. The van der Waals surface area contributed by atoms with Gasteiger partial charge in [0.05, 0.1) is 0 Å². The van der Waals surface area contributed by atoms with Crippen molar-refractivity contribution in [2.45, 2.75) is 59.3 Å². The highest BCUT2D eigenvalue weighted by atomic mass is 16.5. The second-order valence-corrected chi connectivity index (χ2v) is 5.33. The van der Waals surface area contributed by atoms with Gasteiger partial charge < -0.3 is 10.3 Å². The van der Waals surface area contributed by atoms with Gasteiger partial charge >= 0.3 is 0 Å². The summed E-state index contributed by atoms with van der Waals surface area (Å²) in [4.78, 5) is 4.43. The fourth-order valence-electron chi connectivity index (χ4n) is 2.16. The molecule has 0 aromatic carbocycles. The lowest BCUT2D eigenvalue weighted by Gasteiger charge is -2.18. The normalized spacial score (nSPS) is 13.2. The molecule has 0 saturated carbocycles. The number of rotatable bonds is 9. The zero-order chi connectivity index (χ0) is 13.4. The average Bonchev–Trinajstić information content (AvgIpc) is 2.79. The first-order chi connectivity index (χ1) is 8.67. The predicted octanol–water partition coefficient (Wildman–Crippen LogP) is 2.97. The first-order valence-corrected chi connectivity index (χ1v) is 7.18. The number of hydrogen-bond donors (Lipinski definition) is 1. The van der Waals surface area contributed by atoms with Gasteiger partial charge in [-0.1, -0.05) is 32.3 Å². The molecule has 0 amide bonds. The third kappa shape index (κ3) is 5.17. The van der Waals surface area contributed by atoms with E-state index in [4.69, 9.17) is 10.3 Å². The third-order valence-electron chi connectivity index (χ3n) is 3.47. The average molecular weight is 253 g/mol. The second kappa shape index (κ2) is 8.25. The molecule has 0 aliphatic rings. The maximum atomic E-state index is 5.64. The van der Waals surface area contributed by atoms with Gasteiger partial charge in [-0.25, -0.2) is 0 Å². The molecule has 18 heavy (non-hydrogen) atoms. The van der Waals surface area contributed by atoms with Gasteiger partial charge in [-0.15, -0.1) is 0 Å². The molecular formula is C14H27N3O. The van der Waals surface area contributed by atoms with Crippen LogP contribution in [0, 0.1) is 11.8 Å². The number of hydrogen-bond acceptors (Lipinski definition) is 4. The summed E-state index contributed by atoms with van der Waals surface area (Å²) in [5, 5.41) is 4.01. The molecule has 0 radical (unpaired) electrons. The number of aromatic nitrogens is 2. The Bertz CT molecular complexity index is 323. The van der Waals surface area contributed by atoms with E-state index in [1.165, 1.54) is 0 Å². The van der Waals surface area contributed by atoms with Crippen molar-refractivity contribution in [2.24, 2.45) is 17.6 Å². The van der Waals surface area contributed by atoms with Crippen LogP contribution in [0.3, 0.4) is 0 Å². The summed E-state index contributed by atoms with van der Waals surface area (Å²) >= 11 is 0. The maximum absolute atomic E-state index is 5.64. The molecule has 0 fully saturated rings. The number of nitrogens with zero attached hydrogens (tertiary/aromatic N) is 2. The second-order valence-electron chi connectivity index (χ2n) is 5.33. The lowest BCUT2D eigenvalue weighted by molar-refractivity contribution is 0.312. The van der Waals surface area contributed by atoms with Crippen LogP contribution < -0.4 is 5.73 Å². The Kier molecular flexibility index (Phi) is 6.94. The summed E-state index contributed by atoms with van der Waals surface area (Å²) in [6.07, 6.45) is 6.26. The van der Waals surface area contributed by atoms with Crippen molar-refractivity contribution in [3.05, 3.63) is 11.7 Å². The first-order valence-electron chi connectivity index (χ1n) is 7.18. The van der Waals surface area contributed by atoms with Crippen molar-refractivity contribution in [2.75, 3.05) is 6.54 Å². The van der Waals surface area contributed by atoms with Crippen LogP contribution in [-0.4, -0.2) is 16.7 Å². The molecule has 4 nitrogen and oxygen atoms in total. The van der Waals surface area contributed by atoms with Crippen LogP contribution in [0.2, 0.25) is 0 Å². The van der Waals surface area contributed by atoms with Gasteiger partial charge in [0, 0.05) is 12.8 Å². The summed E-state index contributed by atoms with van der Waals surface area (Å²) in [6, 6.07) is 0. The fraction of sp³-hybridized carbons (Fsp3) is 0.857. The molecule has 1 aromatic heterocycles. The van der Waals surface area contributed by atoms with E-state index in [2.05, 4.69) is 30.9 Å². The monoisotopic (exact) mass is 253 g/mol. The molecule has 0 bridgehead atoms. The van der Waals surface area contributed by atoms with Crippen LogP contribution >= 0.6 is 0 Å². The number of nitrogens with two attached hydrogens (primary N) is 1. The molecule has 4 heteroatoms. The highest BCUT2D eigenvalue weighted by Crippen LogP contribution is 2.20. The first kappa shape index (κ1) is 15.2. The quantitative estimate of drug-likeness (QED) is 0.735. The minimum absolute atomic E-state index is 0.654. The van der Waals surface area contributed by atoms with Crippen molar-refractivity contribution in [3.63, 3.8) is 0 Å². The van der Waals surface area contributed by atoms with Crippen molar-refractivity contribution in [1.29, 1.82) is 0 Å². The fourth-order valence-corrected chi connectivity index (χ4v) is 2.16. The van der Waals surface area contributed by atoms with Crippen molar-refractivity contribution in [3.8, 4) is 0 Å². The Morgan fingerprint density at radius 3 is 2.61 bits per heavy atom. The highest BCUT2D eigenvalue weighted by Gasteiger charge is 2.14. The lowest BCUT2D eigenvalue weighted by atomic mass is 9.88. The molecule has 1 heterocycles. The van der Waals surface area contributed by atoms with Crippen molar-refractivity contribution in [1.82, 2.24) is 10.1 Å². The molecule has 2 N–H and O–H groups in total. The van der Waals surface area contributed by atoms with E-state index in [-0.39, 0.29) is 0 Å². The number of aryl methyl sites for hydroxylation is 2. The van der Waals surface area contributed by atoms with E-state index in [1.54, 1.807) is 0 Å². The maximum Gasteiger partial charge on any atom is 0.226 e. The molecule has 1 aromatic rings. The lowest BCUT2D eigenvalue weighted by Crippen LogP contribution is -2.15. The van der Waals surface area contributed by atoms with Crippen LogP contribution in [-0.2, 0) is 12.8 Å². The van der Waals surface area contributed by atoms with Gasteiger partial charge in [-0.2, -0.15) is 4.98 Å². The summed E-state index contributed by atoms with van der Waals surface area (Å²) in [7, 11) is 0. The summed E-state index contributed by atoms with van der Waals surface area (Å²) in [5.74, 6) is 2.95. The van der Waals surface area contributed by atoms with Crippen molar-refractivity contribution >= 4 is 0 Å². The third-order valence-corrected chi connectivity index (χ3v) is 3.47. The largest absolute Gasteiger partial charge is 0.339 e. The Hall–Kier alpha value is -0.900. The standard InChI is InChI=1S/C14H27N3O/c1-4-5-6-13-16-14(18-17-13)8-7-12(9-10-15)11(2)3/h11-12H,4-10,15H2,1-3H3. The van der Waals surface area contributed by atoms with E-state index in [1.807, 2.05) is 0 Å². The predicted molar refractivity (Wildman–Crippen MR) is 73.2 cm³/mol. The van der Waals surface area contributed by atoms with Crippen LogP contribution in [0.1, 0.15) is 58.2 Å². The molecule has 1 atom stereocenters. The van der Waals surface area contributed by atoms with E-state index in [9.17, 15) is 0 Å². The summed E-state index contributed by atoms with van der Waals surface area (Å²) in [6.45, 7) is 7.43.